The quantitative estimate of drug-likeness (QED) is 0.630. The Kier molecular flexibility index (Phi) is 3.36. The molecular weight excluding hydrogens is 277 g/mol. The lowest BCUT2D eigenvalue weighted by Gasteiger charge is -2.11. The van der Waals surface area contributed by atoms with E-state index in [2.05, 4.69) is 20.9 Å². The van der Waals surface area contributed by atoms with Crippen molar-refractivity contribution in [1.82, 2.24) is 0 Å². The van der Waals surface area contributed by atoms with Crippen molar-refractivity contribution in [3.05, 3.63) is 28.0 Å². The molecule has 0 aromatic heterocycles. The van der Waals surface area contributed by atoms with E-state index in [-0.39, 0.29) is 18.5 Å². The van der Waals surface area contributed by atoms with Gasteiger partial charge in [-0.1, -0.05) is 0 Å². The summed E-state index contributed by atoms with van der Waals surface area (Å²) in [5.41, 5.74) is 0.558. The van der Waals surface area contributed by atoms with Crippen LogP contribution in [0.4, 0.5) is 4.39 Å². The zero-order valence-electron chi connectivity index (χ0n) is 8.37. The Morgan fingerprint density at radius 2 is 2.31 bits per heavy atom. The fourth-order valence-electron chi connectivity index (χ4n) is 1.33. The molecule has 16 heavy (non-hydrogen) atoms. The van der Waals surface area contributed by atoms with Gasteiger partial charge >= 0.3 is 0 Å². The van der Waals surface area contributed by atoms with Crippen molar-refractivity contribution in [2.45, 2.75) is 25.5 Å². The number of halogens is 2. The van der Waals surface area contributed by atoms with Crippen LogP contribution in [0, 0.1) is 5.82 Å². The van der Waals surface area contributed by atoms with Crippen molar-refractivity contribution in [2.24, 2.45) is 4.99 Å². The number of hydrogen-bond acceptors (Lipinski definition) is 3. The predicted molar refractivity (Wildman–Crippen MR) is 59.6 cm³/mol. The van der Waals surface area contributed by atoms with Crippen LogP contribution in [0.3, 0.4) is 0 Å². The number of nitrogens with zero attached hydrogens (tertiary/aromatic N) is 1. The largest absolute Gasteiger partial charge is 0.489 e. The fourth-order valence-corrected chi connectivity index (χ4v) is 1.90. The minimum Gasteiger partial charge on any atom is -0.489 e. The molecule has 0 saturated heterocycles. The van der Waals surface area contributed by atoms with Crippen LogP contribution in [0.2, 0.25) is 0 Å². The number of rotatable bonds is 4. The lowest BCUT2D eigenvalue weighted by Crippen LogP contribution is -2.01. The third-order valence-corrected chi connectivity index (χ3v) is 2.80. The van der Waals surface area contributed by atoms with Gasteiger partial charge in [0.05, 0.1) is 17.1 Å². The molecule has 1 aromatic rings. The smallest absolute Gasteiger partial charge is 0.235 e. The van der Waals surface area contributed by atoms with E-state index in [1.165, 1.54) is 18.2 Å². The molecule has 1 aromatic carbocycles. The van der Waals surface area contributed by atoms with Crippen LogP contribution >= 0.6 is 15.9 Å². The van der Waals surface area contributed by atoms with Crippen molar-refractivity contribution < 1.29 is 13.9 Å². The van der Waals surface area contributed by atoms with Gasteiger partial charge in [0.2, 0.25) is 6.08 Å². The highest BCUT2D eigenvalue weighted by molar-refractivity contribution is 9.10. The second-order valence-electron chi connectivity index (χ2n) is 3.60. The number of hydrogen-bond donors (Lipinski definition) is 0. The molecule has 0 heterocycles. The molecule has 0 radical (unpaired) electrons. The summed E-state index contributed by atoms with van der Waals surface area (Å²) < 4.78 is 19.3. The number of benzene rings is 1. The first-order chi connectivity index (χ1) is 7.70. The number of aliphatic imine (C=N–C) groups is 1. The molecule has 1 aliphatic carbocycles. The van der Waals surface area contributed by atoms with Crippen molar-refractivity contribution >= 4 is 22.0 Å². The summed E-state index contributed by atoms with van der Waals surface area (Å²) in [6.45, 7) is 0.0852. The van der Waals surface area contributed by atoms with E-state index >= 15 is 0 Å². The number of ether oxygens (including phenoxy) is 1. The molecule has 2 rings (SSSR count). The molecule has 1 saturated carbocycles. The van der Waals surface area contributed by atoms with Gasteiger partial charge in [-0.25, -0.2) is 14.2 Å². The Labute approximate surface area is 100 Å². The highest BCUT2D eigenvalue weighted by Crippen LogP contribution is 2.36. The minimum absolute atomic E-state index is 0.0852. The van der Waals surface area contributed by atoms with Gasteiger partial charge in [0, 0.05) is 5.56 Å². The van der Waals surface area contributed by atoms with Gasteiger partial charge in [-0.2, -0.15) is 0 Å². The third kappa shape index (κ3) is 2.68. The fraction of sp³-hybridized carbons (Fsp3) is 0.364. The monoisotopic (exact) mass is 285 g/mol. The van der Waals surface area contributed by atoms with Crippen LogP contribution in [0.25, 0.3) is 0 Å². The average molecular weight is 286 g/mol. The van der Waals surface area contributed by atoms with E-state index in [0.29, 0.717) is 15.8 Å². The molecular formula is C11H9BrFNO2. The maximum Gasteiger partial charge on any atom is 0.235 e. The first-order valence-electron chi connectivity index (χ1n) is 4.89. The van der Waals surface area contributed by atoms with Crippen molar-refractivity contribution in [2.75, 3.05) is 0 Å². The average Bonchev–Trinajstić information content (AvgIpc) is 3.03. The molecule has 5 heteroatoms. The normalized spacial score (nSPS) is 14.4. The van der Waals surface area contributed by atoms with Gasteiger partial charge in [0.25, 0.3) is 0 Å². The van der Waals surface area contributed by atoms with Crippen LogP contribution < -0.4 is 4.74 Å². The van der Waals surface area contributed by atoms with Crippen LogP contribution in [-0.4, -0.2) is 12.2 Å². The van der Waals surface area contributed by atoms with Gasteiger partial charge in [-0.15, -0.1) is 0 Å². The summed E-state index contributed by atoms with van der Waals surface area (Å²) in [6.07, 6.45) is 3.67. The number of carbonyl (C=O) groups excluding carboxylic acids is 1. The first-order valence-corrected chi connectivity index (χ1v) is 5.68. The summed E-state index contributed by atoms with van der Waals surface area (Å²) in [5, 5.41) is 0. The van der Waals surface area contributed by atoms with Gasteiger partial charge in [0.15, 0.2) is 0 Å². The topological polar surface area (TPSA) is 38.7 Å². The van der Waals surface area contributed by atoms with Crippen LogP contribution in [0.5, 0.6) is 5.75 Å². The Balaban J connectivity index is 2.32. The summed E-state index contributed by atoms with van der Waals surface area (Å²) in [6, 6.07) is 2.66. The Bertz CT molecular complexity index is 454. The molecule has 1 fully saturated rings. The van der Waals surface area contributed by atoms with E-state index < -0.39 is 0 Å². The summed E-state index contributed by atoms with van der Waals surface area (Å²) in [5.74, 6) is 0.189. The molecule has 0 spiro atoms. The first kappa shape index (κ1) is 11.3. The van der Waals surface area contributed by atoms with Gasteiger partial charge < -0.3 is 4.74 Å². The maximum atomic E-state index is 13.2. The van der Waals surface area contributed by atoms with Crippen molar-refractivity contribution in [3.63, 3.8) is 0 Å². The molecule has 0 aliphatic heterocycles. The highest BCUT2D eigenvalue weighted by Gasteiger charge is 2.25. The summed E-state index contributed by atoms with van der Waals surface area (Å²) in [4.78, 5) is 13.5. The van der Waals surface area contributed by atoms with Crippen LogP contribution in [0.15, 0.2) is 21.6 Å². The standard InChI is InChI=1S/C11H9BrFNO2/c12-10-4-8(13)3-7(5-14-6-15)11(10)16-9-1-2-9/h3-4,9H,1-2,5H2. The molecule has 0 unspecified atom stereocenters. The minimum atomic E-state index is -0.383. The van der Waals surface area contributed by atoms with E-state index in [9.17, 15) is 9.18 Å². The van der Waals surface area contributed by atoms with Crippen LogP contribution in [-0.2, 0) is 11.3 Å². The SMILES string of the molecule is O=C=NCc1cc(F)cc(Br)c1OC1CC1. The van der Waals surface area contributed by atoms with E-state index in [4.69, 9.17) is 4.74 Å². The van der Waals surface area contributed by atoms with E-state index in [1.54, 1.807) is 0 Å². The van der Waals surface area contributed by atoms with E-state index in [1.807, 2.05) is 0 Å². The zero-order chi connectivity index (χ0) is 11.5. The lowest BCUT2D eigenvalue weighted by atomic mass is 10.2. The molecule has 3 nitrogen and oxygen atoms in total. The zero-order valence-corrected chi connectivity index (χ0v) is 9.96. The molecule has 0 N–H and O–H groups in total. The second kappa shape index (κ2) is 4.76. The maximum absolute atomic E-state index is 13.2. The van der Waals surface area contributed by atoms with E-state index in [0.717, 1.165) is 12.8 Å². The summed E-state index contributed by atoms with van der Waals surface area (Å²) >= 11 is 3.24. The molecule has 0 amide bonds. The Hall–Kier alpha value is -1.19. The molecule has 0 bridgehead atoms. The van der Waals surface area contributed by atoms with Crippen LogP contribution in [0.1, 0.15) is 18.4 Å². The lowest BCUT2D eigenvalue weighted by molar-refractivity contribution is 0.297. The van der Waals surface area contributed by atoms with Crippen molar-refractivity contribution in [1.29, 1.82) is 0 Å². The third-order valence-electron chi connectivity index (χ3n) is 2.21. The number of isocyanates is 1. The molecule has 84 valence electrons. The summed E-state index contributed by atoms with van der Waals surface area (Å²) in [7, 11) is 0. The Morgan fingerprint density at radius 3 is 2.94 bits per heavy atom. The van der Waals surface area contributed by atoms with Gasteiger partial charge in [-0.05, 0) is 40.9 Å². The van der Waals surface area contributed by atoms with Crippen molar-refractivity contribution in [3.8, 4) is 5.75 Å². The highest BCUT2D eigenvalue weighted by atomic mass is 79.9. The predicted octanol–water partition coefficient (Wildman–Crippen LogP) is 2.97. The second-order valence-corrected chi connectivity index (χ2v) is 4.45. The molecule has 0 atom stereocenters. The Morgan fingerprint density at radius 1 is 1.56 bits per heavy atom. The van der Waals surface area contributed by atoms with Gasteiger partial charge in [-0.3, -0.25) is 0 Å². The van der Waals surface area contributed by atoms with Gasteiger partial charge in [0.1, 0.15) is 11.6 Å². The molecule has 1 aliphatic rings.